The van der Waals surface area contributed by atoms with Gasteiger partial charge in [0.25, 0.3) is 0 Å². The summed E-state index contributed by atoms with van der Waals surface area (Å²) in [7, 11) is 0. The maximum atomic E-state index is 12.5. The van der Waals surface area contributed by atoms with Crippen molar-refractivity contribution in [3.8, 4) is 0 Å². The molecule has 2 rings (SSSR count). The summed E-state index contributed by atoms with van der Waals surface area (Å²) in [6.45, 7) is 8.01. The quantitative estimate of drug-likeness (QED) is 0.718. The number of carboxylic acids is 1. The number of thioether (sulfide) groups is 1. The van der Waals surface area contributed by atoms with Gasteiger partial charge in [-0.1, -0.05) is 6.92 Å². The largest absolute Gasteiger partial charge is 0.480 e. The van der Waals surface area contributed by atoms with E-state index in [0.717, 1.165) is 0 Å². The van der Waals surface area contributed by atoms with Crippen LogP contribution in [0, 0.1) is 5.92 Å². The van der Waals surface area contributed by atoms with E-state index in [0.29, 0.717) is 25.3 Å². The number of nitrogens with one attached hydrogen (secondary N) is 1. The van der Waals surface area contributed by atoms with E-state index in [4.69, 9.17) is 9.84 Å². The summed E-state index contributed by atoms with van der Waals surface area (Å²) in [5.74, 6) is -0.979. The zero-order chi connectivity index (χ0) is 18.8. The highest BCUT2D eigenvalue weighted by Crippen LogP contribution is 2.39. The molecule has 0 saturated carbocycles. The summed E-state index contributed by atoms with van der Waals surface area (Å²) in [4.78, 5) is 40.3. The predicted octanol–water partition coefficient (Wildman–Crippen LogP) is 1.35. The van der Waals surface area contributed by atoms with Gasteiger partial charge in [0.05, 0.1) is 19.0 Å². The summed E-state index contributed by atoms with van der Waals surface area (Å²) < 4.78 is 5.09. The number of carboxylic acid groups (broad SMARTS) is 1. The predicted molar refractivity (Wildman–Crippen MR) is 94.8 cm³/mol. The summed E-state index contributed by atoms with van der Waals surface area (Å²) in [6, 6.07) is -0.571. The molecule has 2 N–H and O–H groups in total. The fraction of sp³-hybridized carbons (Fsp3) is 0.750. The van der Waals surface area contributed by atoms with Crippen molar-refractivity contribution in [2.75, 3.05) is 18.8 Å². The first-order valence-corrected chi connectivity index (χ1v) is 9.24. The molecule has 2 aliphatic heterocycles. The standard InChI is InChI=1S/C16H25N3O5S/c1-5-10(6-17-14(23)24-15(2,3)4)12(20)19-8-16(9-19)18-11(7-25-16)13(21)22/h6,10-11,18H,5,7-9H2,1-4H3,(H,21,22)/b17-6+/t10?,11-/m0/s1. The maximum Gasteiger partial charge on any atom is 0.433 e. The Kier molecular flexibility index (Phi) is 5.78. The average molecular weight is 371 g/mol. The molecule has 0 radical (unpaired) electrons. The minimum absolute atomic E-state index is 0.110. The summed E-state index contributed by atoms with van der Waals surface area (Å²) in [6.07, 6.45) is 1.15. The van der Waals surface area contributed by atoms with Crippen molar-refractivity contribution in [3.05, 3.63) is 0 Å². The van der Waals surface area contributed by atoms with Crippen LogP contribution in [0.15, 0.2) is 4.99 Å². The van der Waals surface area contributed by atoms with E-state index in [1.54, 1.807) is 25.7 Å². The van der Waals surface area contributed by atoms with Gasteiger partial charge < -0.3 is 14.7 Å². The fourth-order valence-corrected chi connectivity index (χ4v) is 4.13. The van der Waals surface area contributed by atoms with Gasteiger partial charge in [-0.25, -0.2) is 4.79 Å². The highest BCUT2D eigenvalue weighted by Gasteiger charge is 2.52. The number of amides is 2. The van der Waals surface area contributed by atoms with Crippen molar-refractivity contribution < 1.29 is 24.2 Å². The van der Waals surface area contributed by atoms with Crippen LogP contribution in [0.25, 0.3) is 0 Å². The number of aliphatic carboxylic acids is 1. The average Bonchev–Trinajstić information content (AvgIpc) is 2.89. The summed E-state index contributed by atoms with van der Waals surface area (Å²) in [5, 5.41) is 12.1. The number of hydrogen-bond acceptors (Lipinski definition) is 6. The molecule has 2 amide bonds. The van der Waals surface area contributed by atoms with E-state index < -0.39 is 29.6 Å². The molecule has 0 aromatic carbocycles. The summed E-state index contributed by atoms with van der Waals surface area (Å²) in [5.41, 5.74) is -0.629. The van der Waals surface area contributed by atoms with Crippen LogP contribution in [-0.4, -0.2) is 69.5 Å². The van der Waals surface area contributed by atoms with Crippen molar-refractivity contribution in [1.82, 2.24) is 10.2 Å². The maximum absolute atomic E-state index is 12.5. The molecular weight excluding hydrogens is 346 g/mol. The van der Waals surface area contributed by atoms with Gasteiger partial charge in [-0.3, -0.25) is 14.9 Å². The van der Waals surface area contributed by atoms with E-state index in [1.807, 2.05) is 6.92 Å². The Hall–Kier alpha value is -1.61. The molecule has 1 spiro atoms. The molecule has 2 aliphatic rings. The van der Waals surface area contributed by atoms with Gasteiger partial charge in [0.1, 0.15) is 16.5 Å². The smallest absolute Gasteiger partial charge is 0.433 e. The Bertz CT molecular complexity index is 581. The first-order valence-electron chi connectivity index (χ1n) is 8.25. The van der Waals surface area contributed by atoms with Crippen molar-refractivity contribution in [2.45, 2.75) is 50.6 Å². The van der Waals surface area contributed by atoms with Crippen molar-refractivity contribution >= 4 is 35.9 Å². The molecule has 0 aromatic heterocycles. The van der Waals surface area contributed by atoms with Gasteiger partial charge in [-0.2, -0.15) is 4.99 Å². The minimum Gasteiger partial charge on any atom is -0.480 e. The molecular formula is C16H25N3O5S. The molecule has 0 aromatic rings. The van der Waals surface area contributed by atoms with Crippen LogP contribution in [0.4, 0.5) is 4.79 Å². The monoisotopic (exact) mass is 371 g/mol. The Labute approximate surface area is 151 Å². The highest BCUT2D eigenvalue weighted by molar-refractivity contribution is 8.01. The topological polar surface area (TPSA) is 108 Å². The van der Waals surface area contributed by atoms with Crippen molar-refractivity contribution in [3.63, 3.8) is 0 Å². The van der Waals surface area contributed by atoms with Crippen LogP contribution in [0.2, 0.25) is 0 Å². The van der Waals surface area contributed by atoms with Crippen LogP contribution in [-0.2, 0) is 14.3 Å². The van der Waals surface area contributed by atoms with E-state index in [-0.39, 0.29) is 10.8 Å². The second-order valence-electron chi connectivity index (χ2n) is 7.31. The third-order valence-corrected chi connectivity index (χ3v) is 5.40. The Morgan fingerprint density at radius 3 is 2.56 bits per heavy atom. The lowest BCUT2D eigenvalue weighted by molar-refractivity contribution is -0.141. The number of carbonyl (C=O) groups is 3. The molecule has 2 saturated heterocycles. The molecule has 2 fully saturated rings. The lowest BCUT2D eigenvalue weighted by Gasteiger charge is -2.48. The lowest BCUT2D eigenvalue weighted by Crippen LogP contribution is -2.68. The number of nitrogens with zero attached hydrogens (tertiary/aromatic N) is 2. The van der Waals surface area contributed by atoms with Crippen molar-refractivity contribution in [1.29, 1.82) is 0 Å². The zero-order valence-electron chi connectivity index (χ0n) is 14.9. The van der Waals surface area contributed by atoms with E-state index >= 15 is 0 Å². The van der Waals surface area contributed by atoms with E-state index in [2.05, 4.69) is 10.3 Å². The molecule has 1 unspecified atom stereocenters. The van der Waals surface area contributed by atoms with E-state index in [9.17, 15) is 14.4 Å². The molecule has 9 heteroatoms. The summed E-state index contributed by atoms with van der Waals surface area (Å²) >= 11 is 1.54. The number of hydrogen-bond donors (Lipinski definition) is 2. The molecule has 140 valence electrons. The van der Waals surface area contributed by atoms with Crippen molar-refractivity contribution in [2.24, 2.45) is 10.9 Å². The number of ether oxygens (including phenoxy) is 1. The van der Waals surface area contributed by atoms with E-state index in [1.165, 1.54) is 18.0 Å². The van der Waals surface area contributed by atoms with Gasteiger partial charge >= 0.3 is 12.1 Å². The molecule has 2 atom stereocenters. The van der Waals surface area contributed by atoms with Crippen LogP contribution in [0.5, 0.6) is 0 Å². The number of carbonyl (C=O) groups excluding carboxylic acids is 2. The Morgan fingerprint density at radius 1 is 1.44 bits per heavy atom. The molecule has 0 aliphatic carbocycles. The lowest BCUT2D eigenvalue weighted by atomic mass is 10.0. The number of likely N-dealkylation sites (tertiary alicyclic amines) is 1. The molecule has 8 nitrogen and oxygen atoms in total. The van der Waals surface area contributed by atoms with Gasteiger partial charge in [0, 0.05) is 12.0 Å². The first-order chi connectivity index (χ1) is 11.6. The van der Waals surface area contributed by atoms with Gasteiger partial charge in [-0.05, 0) is 27.2 Å². The first kappa shape index (κ1) is 19.7. The molecule has 2 heterocycles. The molecule has 25 heavy (non-hydrogen) atoms. The third kappa shape index (κ3) is 4.94. The van der Waals surface area contributed by atoms with Crippen LogP contribution in [0.3, 0.4) is 0 Å². The second-order valence-corrected chi connectivity index (χ2v) is 8.71. The van der Waals surface area contributed by atoms with Crippen LogP contribution in [0.1, 0.15) is 34.1 Å². The SMILES string of the molecule is CCC(/C=N/C(=O)OC(C)(C)C)C(=O)N1CC2(C1)N[C@H](C(=O)O)CS2. The van der Waals surface area contributed by atoms with Gasteiger partial charge in [-0.15, -0.1) is 11.8 Å². The van der Waals surface area contributed by atoms with Crippen LogP contribution < -0.4 is 5.32 Å². The third-order valence-electron chi connectivity index (χ3n) is 3.98. The van der Waals surface area contributed by atoms with Gasteiger partial charge in [0.2, 0.25) is 5.91 Å². The Balaban J connectivity index is 1.87. The zero-order valence-corrected chi connectivity index (χ0v) is 15.8. The second kappa shape index (κ2) is 7.33. The van der Waals surface area contributed by atoms with Gasteiger partial charge in [0.15, 0.2) is 0 Å². The number of aliphatic imine (C=N–C) groups is 1. The minimum atomic E-state index is -0.870. The normalized spacial score (nSPS) is 23.5. The van der Waals surface area contributed by atoms with Crippen LogP contribution >= 0.6 is 11.8 Å². The number of rotatable bonds is 4. The fourth-order valence-electron chi connectivity index (χ4n) is 2.70. The Morgan fingerprint density at radius 2 is 2.08 bits per heavy atom. The highest BCUT2D eigenvalue weighted by atomic mass is 32.2. The molecule has 0 bridgehead atoms.